The van der Waals surface area contributed by atoms with E-state index in [1.807, 2.05) is 33.3 Å². The fourth-order valence-electron chi connectivity index (χ4n) is 2.76. The van der Waals surface area contributed by atoms with Gasteiger partial charge in [-0.05, 0) is 36.5 Å². The fraction of sp³-hybridized carbons (Fsp3) is 0.533. The quantitative estimate of drug-likeness (QED) is 0.439. The predicted molar refractivity (Wildman–Crippen MR) is 92.2 cm³/mol. The normalized spacial score (nSPS) is 18.9. The zero-order chi connectivity index (χ0) is 13.8. The molecular weight excluding hydrogens is 368 g/mol. The molecule has 1 aromatic rings. The molecule has 1 saturated heterocycles. The minimum atomic E-state index is -0.162. The molecule has 0 bridgehead atoms. The minimum Gasteiger partial charge on any atom is -0.349 e. The molecule has 1 aliphatic heterocycles. The van der Waals surface area contributed by atoms with Gasteiger partial charge in [0.1, 0.15) is 5.82 Å². The van der Waals surface area contributed by atoms with Gasteiger partial charge >= 0.3 is 0 Å². The number of guanidine groups is 1. The van der Waals surface area contributed by atoms with E-state index in [2.05, 4.69) is 14.8 Å². The summed E-state index contributed by atoms with van der Waals surface area (Å²) < 4.78 is 12.9. The molecule has 1 atom stereocenters. The smallest absolute Gasteiger partial charge is 0.195 e. The molecule has 3 nitrogen and oxygen atoms in total. The van der Waals surface area contributed by atoms with Crippen molar-refractivity contribution in [3.05, 3.63) is 35.6 Å². The Labute approximate surface area is 137 Å². The number of hydrogen-bond donors (Lipinski definition) is 0. The molecular formula is C15H23FIN3. The first-order valence-electron chi connectivity index (χ1n) is 6.73. The van der Waals surface area contributed by atoms with Crippen molar-refractivity contribution in [3.8, 4) is 0 Å². The number of aliphatic imine (C=N–C) groups is 1. The predicted octanol–water partition coefficient (Wildman–Crippen LogP) is 2.86. The highest BCUT2D eigenvalue weighted by molar-refractivity contribution is 14.0. The van der Waals surface area contributed by atoms with Crippen LogP contribution in [0.1, 0.15) is 12.0 Å². The first-order valence-corrected chi connectivity index (χ1v) is 6.73. The van der Waals surface area contributed by atoms with Gasteiger partial charge in [0.05, 0.1) is 0 Å². The van der Waals surface area contributed by atoms with E-state index >= 15 is 0 Å². The second kappa shape index (κ2) is 7.81. The van der Waals surface area contributed by atoms with E-state index in [1.54, 1.807) is 12.1 Å². The third kappa shape index (κ3) is 4.33. The summed E-state index contributed by atoms with van der Waals surface area (Å²) in [4.78, 5) is 8.72. The van der Waals surface area contributed by atoms with Crippen molar-refractivity contribution in [1.82, 2.24) is 9.80 Å². The number of likely N-dealkylation sites (tertiary alicyclic amines) is 1. The Morgan fingerprint density at radius 1 is 1.35 bits per heavy atom. The van der Waals surface area contributed by atoms with Gasteiger partial charge in [0.25, 0.3) is 0 Å². The van der Waals surface area contributed by atoms with Crippen LogP contribution in [0.25, 0.3) is 0 Å². The van der Waals surface area contributed by atoms with Crippen molar-refractivity contribution >= 4 is 29.9 Å². The van der Waals surface area contributed by atoms with Crippen LogP contribution in [0.2, 0.25) is 0 Å². The van der Waals surface area contributed by atoms with Gasteiger partial charge in [0.15, 0.2) is 5.96 Å². The van der Waals surface area contributed by atoms with E-state index < -0.39 is 0 Å². The summed E-state index contributed by atoms with van der Waals surface area (Å²) in [5.74, 6) is 1.51. The van der Waals surface area contributed by atoms with Gasteiger partial charge in [-0.3, -0.25) is 4.99 Å². The summed E-state index contributed by atoms with van der Waals surface area (Å²) in [5.41, 5.74) is 1.22. The van der Waals surface area contributed by atoms with Crippen LogP contribution in [-0.2, 0) is 6.42 Å². The molecule has 20 heavy (non-hydrogen) atoms. The van der Waals surface area contributed by atoms with Gasteiger partial charge in [0, 0.05) is 34.2 Å². The molecule has 1 aromatic carbocycles. The van der Waals surface area contributed by atoms with Crippen molar-refractivity contribution in [3.63, 3.8) is 0 Å². The molecule has 0 N–H and O–H groups in total. The van der Waals surface area contributed by atoms with Crippen molar-refractivity contribution in [2.75, 3.05) is 34.2 Å². The molecule has 5 heteroatoms. The summed E-state index contributed by atoms with van der Waals surface area (Å²) >= 11 is 0. The molecule has 1 unspecified atom stereocenters. The lowest BCUT2D eigenvalue weighted by Crippen LogP contribution is -2.39. The number of hydrogen-bond acceptors (Lipinski definition) is 1. The Balaban J connectivity index is 0.00000200. The molecule has 0 aliphatic carbocycles. The largest absolute Gasteiger partial charge is 0.349 e. The van der Waals surface area contributed by atoms with Crippen LogP contribution in [0.15, 0.2) is 29.3 Å². The molecule has 1 aliphatic rings. The van der Waals surface area contributed by atoms with Crippen molar-refractivity contribution in [2.45, 2.75) is 12.8 Å². The lowest BCUT2D eigenvalue weighted by atomic mass is 9.99. The Bertz CT molecular complexity index is 445. The van der Waals surface area contributed by atoms with Crippen LogP contribution < -0.4 is 0 Å². The molecule has 112 valence electrons. The third-order valence-electron chi connectivity index (χ3n) is 3.61. The third-order valence-corrected chi connectivity index (χ3v) is 3.61. The lowest BCUT2D eigenvalue weighted by molar-refractivity contribution is 0.411. The van der Waals surface area contributed by atoms with Crippen LogP contribution in [0.5, 0.6) is 0 Å². The zero-order valence-electron chi connectivity index (χ0n) is 12.3. The van der Waals surface area contributed by atoms with Crippen LogP contribution in [0, 0.1) is 11.7 Å². The van der Waals surface area contributed by atoms with Gasteiger partial charge < -0.3 is 9.80 Å². The Kier molecular flexibility index (Phi) is 6.71. The molecule has 0 spiro atoms. The maximum atomic E-state index is 12.9. The maximum Gasteiger partial charge on any atom is 0.195 e. The lowest BCUT2D eigenvalue weighted by Gasteiger charge is -2.26. The van der Waals surface area contributed by atoms with E-state index in [4.69, 9.17) is 0 Å². The van der Waals surface area contributed by atoms with Crippen LogP contribution in [-0.4, -0.2) is 50.0 Å². The average molecular weight is 391 g/mol. The van der Waals surface area contributed by atoms with Gasteiger partial charge in [0.2, 0.25) is 0 Å². The topological polar surface area (TPSA) is 18.8 Å². The molecule has 1 fully saturated rings. The number of nitrogens with zero attached hydrogens (tertiary/aromatic N) is 3. The van der Waals surface area contributed by atoms with E-state index in [9.17, 15) is 4.39 Å². The number of halogens is 2. The fourth-order valence-corrected chi connectivity index (χ4v) is 2.76. The van der Waals surface area contributed by atoms with Crippen LogP contribution in [0.4, 0.5) is 4.39 Å². The highest BCUT2D eigenvalue weighted by Gasteiger charge is 2.25. The van der Waals surface area contributed by atoms with E-state index in [-0.39, 0.29) is 29.8 Å². The average Bonchev–Trinajstić information content (AvgIpc) is 2.81. The second-order valence-electron chi connectivity index (χ2n) is 5.35. The summed E-state index contributed by atoms with van der Waals surface area (Å²) in [5, 5.41) is 0. The maximum absolute atomic E-state index is 12.9. The van der Waals surface area contributed by atoms with Crippen molar-refractivity contribution < 1.29 is 4.39 Å². The molecule has 0 radical (unpaired) electrons. The SMILES string of the molecule is CN=C(N(C)C)N1CCC(Cc2ccc(F)cc2)C1.I. The molecule has 1 heterocycles. The van der Waals surface area contributed by atoms with Crippen LogP contribution in [0.3, 0.4) is 0 Å². The van der Waals surface area contributed by atoms with E-state index in [0.29, 0.717) is 5.92 Å². The second-order valence-corrected chi connectivity index (χ2v) is 5.35. The van der Waals surface area contributed by atoms with E-state index in [0.717, 1.165) is 25.5 Å². The van der Waals surface area contributed by atoms with Gasteiger partial charge in [-0.15, -0.1) is 24.0 Å². The number of rotatable bonds is 2. The highest BCUT2D eigenvalue weighted by atomic mass is 127. The first kappa shape index (κ1) is 17.2. The Morgan fingerprint density at radius 3 is 2.55 bits per heavy atom. The van der Waals surface area contributed by atoms with Crippen LogP contribution >= 0.6 is 24.0 Å². The highest BCUT2D eigenvalue weighted by Crippen LogP contribution is 2.21. The molecule has 0 amide bonds. The standard InChI is InChI=1S/C15H22FN3.HI/c1-17-15(18(2)3)19-9-8-13(11-19)10-12-4-6-14(16)7-5-12;/h4-7,13H,8-11H2,1-3H3;1H. The molecule has 2 rings (SSSR count). The molecule has 0 saturated carbocycles. The van der Waals surface area contributed by atoms with Gasteiger partial charge in [-0.1, -0.05) is 12.1 Å². The Hall–Kier alpha value is -0.850. The van der Waals surface area contributed by atoms with Crippen molar-refractivity contribution in [2.24, 2.45) is 10.9 Å². The first-order chi connectivity index (χ1) is 9.10. The summed E-state index contributed by atoms with van der Waals surface area (Å²) in [7, 11) is 5.88. The monoisotopic (exact) mass is 391 g/mol. The van der Waals surface area contributed by atoms with Gasteiger partial charge in [-0.2, -0.15) is 0 Å². The summed E-state index contributed by atoms with van der Waals surface area (Å²) in [6.07, 6.45) is 2.19. The summed E-state index contributed by atoms with van der Waals surface area (Å²) in [6.45, 7) is 2.08. The molecule has 0 aromatic heterocycles. The van der Waals surface area contributed by atoms with E-state index in [1.165, 1.54) is 12.0 Å². The number of benzene rings is 1. The minimum absolute atomic E-state index is 0. The van der Waals surface area contributed by atoms with Gasteiger partial charge in [-0.25, -0.2) is 4.39 Å². The zero-order valence-corrected chi connectivity index (χ0v) is 14.7. The Morgan fingerprint density at radius 2 is 2.00 bits per heavy atom. The summed E-state index contributed by atoms with van der Waals surface area (Å²) in [6, 6.07) is 6.86. The van der Waals surface area contributed by atoms with Crippen molar-refractivity contribution in [1.29, 1.82) is 0 Å².